The Balaban J connectivity index is 1.62. The zero-order valence-electron chi connectivity index (χ0n) is 11.6. The van der Waals surface area contributed by atoms with Crippen LogP contribution in [0, 0.1) is 10.8 Å². The summed E-state index contributed by atoms with van der Waals surface area (Å²) in [6.07, 6.45) is 12.6. The second-order valence-electron chi connectivity index (χ2n) is 6.86. The van der Waals surface area contributed by atoms with Gasteiger partial charge in [-0.05, 0) is 56.0 Å². The molecule has 0 bridgehead atoms. The summed E-state index contributed by atoms with van der Waals surface area (Å²) in [6, 6.07) is 0. The van der Waals surface area contributed by atoms with E-state index in [9.17, 15) is 0 Å². The molecular weight excluding hydrogens is 208 g/mol. The van der Waals surface area contributed by atoms with Gasteiger partial charge in [0.25, 0.3) is 0 Å². The lowest BCUT2D eigenvalue weighted by Crippen LogP contribution is -2.41. The van der Waals surface area contributed by atoms with E-state index in [0.29, 0.717) is 10.8 Å². The third kappa shape index (κ3) is 3.45. The molecule has 2 aliphatic carbocycles. The Bertz CT molecular complexity index is 222. The minimum Gasteiger partial charge on any atom is -0.330 e. The maximum atomic E-state index is 5.89. The highest BCUT2D eigenvalue weighted by atomic mass is 14.9. The molecule has 0 aromatic heterocycles. The third-order valence-corrected chi connectivity index (χ3v) is 5.29. The highest BCUT2D eigenvalue weighted by molar-refractivity contribution is 4.89. The van der Waals surface area contributed by atoms with Crippen molar-refractivity contribution in [3.8, 4) is 0 Å². The van der Waals surface area contributed by atoms with E-state index >= 15 is 0 Å². The Morgan fingerprint density at radius 3 is 2.24 bits per heavy atom. The molecule has 2 rings (SSSR count). The van der Waals surface area contributed by atoms with Crippen LogP contribution in [0.4, 0.5) is 0 Å². The Kier molecular flexibility index (Phi) is 4.48. The zero-order chi connectivity index (χ0) is 12.2. The number of hydrogen-bond acceptors (Lipinski definition) is 2. The first kappa shape index (κ1) is 13.4. The maximum absolute atomic E-state index is 5.89. The highest BCUT2D eigenvalue weighted by Gasteiger charge is 2.35. The Morgan fingerprint density at radius 2 is 1.71 bits per heavy atom. The molecule has 0 saturated heterocycles. The van der Waals surface area contributed by atoms with Gasteiger partial charge >= 0.3 is 0 Å². The van der Waals surface area contributed by atoms with E-state index in [1.54, 1.807) is 0 Å². The van der Waals surface area contributed by atoms with Gasteiger partial charge in [-0.3, -0.25) is 0 Å². The molecule has 0 aromatic carbocycles. The normalized spacial score (nSPS) is 26.5. The van der Waals surface area contributed by atoms with E-state index < -0.39 is 0 Å². The summed E-state index contributed by atoms with van der Waals surface area (Å²) < 4.78 is 0. The first-order chi connectivity index (χ1) is 8.18. The van der Waals surface area contributed by atoms with Crippen molar-refractivity contribution in [2.75, 3.05) is 19.6 Å². The van der Waals surface area contributed by atoms with Gasteiger partial charge in [0.15, 0.2) is 0 Å². The first-order valence-corrected chi connectivity index (χ1v) is 7.59. The van der Waals surface area contributed by atoms with E-state index in [4.69, 9.17) is 5.73 Å². The first-order valence-electron chi connectivity index (χ1n) is 7.59. The average Bonchev–Trinajstić information content (AvgIpc) is 2.28. The third-order valence-electron chi connectivity index (χ3n) is 5.29. The van der Waals surface area contributed by atoms with Crippen molar-refractivity contribution < 1.29 is 0 Å². The SMILES string of the molecule is CC1(CNCCC2(CN)CCC2)CCCCC1. The molecule has 2 nitrogen and oxygen atoms in total. The van der Waals surface area contributed by atoms with Crippen molar-refractivity contribution in [1.29, 1.82) is 0 Å². The van der Waals surface area contributed by atoms with E-state index in [1.807, 2.05) is 0 Å². The Hall–Kier alpha value is -0.0800. The van der Waals surface area contributed by atoms with Crippen molar-refractivity contribution in [3.05, 3.63) is 0 Å². The van der Waals surface area contributed by atoms with E-state index in [2.05, 4.69) is 12.2 Å². The molecular formula is C15H30N2. The van der Waals surface area contributed by atoms with Crippen molar-refractivity contribution in [3.63, 3.8) is 0 Å². The van der Waals surface area contributed by atoms with Crippen molar-refractivity contribution in [2.24, 2.45) is 16.6 Å². The smallest absolute Gasteiger partial charge is 0.000516 e. The van der Waals surface area contributed by atoms with Gasteiger partial charge in [-0.25, -0.2) is 0 Å². The second kappa shape index (κ2) is 5.71. The molecule has 0 radical (unpaired) electrons. The van der Waals surface area contributed by atoms with E-state index in [1.165, 1.54) is 70.9 Å². The highest BCUT2D eigenvalue weighted by Crippen LogP contribution is 2.42. The molecule has 2 saturated carbocycles. The number of hydrogen-bond donors (Lipinski definition) is 2. The maximum Gasteiger partial charge on any atom is 0.000516 e. The molecule has 0 amide bonds. The van der Waals surface area contributed by atoms with Crippen molar-refractivity contribution >= 4 is 0 Å². The lowest BCUT2D eigenvalue weighted by atomic mass is 9.66. The minimum atomic E-state index is 0.514. The fourth-order valence-electron chi connectivity index (χ4n) is 3.56. The van der Waals surface area contributed by atoms with Gasteiger partial charge in [0.1, 0.15) is 0 Å². The standard InChI is InChI=1S/C15H30N2/c1-14(6-3-2-4-7-14)13-17-11-10-15(12-16)8-5-9-15/h17H,2-13,16H2,1H3. The molecule has 0 spiro atoms. The van der Waals surface area contributed by atoms with Crippen LogP contribution in [0.2, 0.25) is 0 Å². The second-order valence-corrected chi connectivity index (χ2v) is 6.86. The number of nitrogens with one attached hydrogen (secondary N) is 1. The summed E-state index contributed by atoms with van der Waals surface area (Å²) >= 11 is 0. The molecule has 0 unspecified atom stereocenters. The topological polar surface area (TPSA) is 38.0 Å². The lowest BCUT2D eigenvalue weighted by molar-refractivity contribution is 0.126. The van der Waals surface area contributed by atoms with Gasteiger partial charge in [0.2, 0.25) is 0 Å². The van der Waals surface area contributed by atoms with Crippen molar-refractivity contribution in [2.45, 2.75) is 64.7 Å². The summed E-state index contributed by atoms with van der Waals surface area (Å²) in [5, 5.41) is 3.70. The quantitative estimate of drug-likeness (QED) is 0.698. The molecule has 100 valence electrons. The van der Waals surface area contributed by atoms with Gasteiger partial charge in [-0.1, -0.05) is 32.6 Å². The van der Waals surface area contributed by atoms with Crippen LogP contribution in [0.25, 0.3) is 0 Å². The summed E-state index contributed by atoms with van der Waals surface area (Å²) in [5.74, 6) is 0. The van der Waals surface area contributed by atoms with Gasteiger partial charge in [0.05, 0.1) is 0 Å². The molecule has 0 aromatic rings. The monoisotopic (exact) mass is 238 g/mol. The predicted octanol–water partition coefficient (Wildman–Crippen LogP) is 3.07. The average molecular weight is 238 g/mol. The summed E-state index contributed by atoms with van der Waals surface area (Å²) in [5.41, 5.74) is 6.98. The lowest BCUT2D eigenvalue weighted by Gasteiger charge is -2.41. The van der Waals surface area contributed by atoms with E-state index in [-0.39, 0.29) is 0 Å². The zero-order valence-corrected chi connectivity index (χ0v) is 11.6. The molecule has 0 heterocycles. The molecule has 17 heavy (non-hydrogen) atoms. The van der Waals surface area contributed by atoms with E-state index in [0.717, 1.165) is 6.54 Å². The fourth-order valence-corrected chi connectivity index (χ4v) is 3.56. The Labute approximate surface area is 107 Å². The van der Waals surface area contributed by atoms with Crippen LogP contribution < -0.4 is 11.1 Å². The Morgan fingerprint density at radius 1 is 1.00 bits per heavy atom. The van der Waals surface area contributed by atoms with Gasteiger partial charge in [-0.15, -0.1) is 0 Å². The number of rotatable bonds is 6. The molecule has 2 aliphatic rings. The van der Waals surface area contributed by atoms with Crippen LogP contribution in [0.3, 0.4) is 0 Å². The summed E-state index contributed by atoms with van der Waals surface area (Å²) in [7, 11) is 0. The van der Waals surface area contributed by atoms with Crippen LogP contribution in [0.5, 0.6) is 0 Å². The van der Waals surface area contributed by atoms with Gasteiger partial charge < -0.3 is 11.1 Å². The van der Waals surface area contributed by atoms with Crippen LogP contribution in [-0.4, -0.2) is 19.6 Å². The molecule has 0 atom stereocenters. The molecule has 2 heteroatoms. The van der Waals surface area contributed by atoms with Crippen LogP contribution in [0.15, 0.2) is 0 Å². The van der Waals surface area contributed by atoms with Crippen LogP contribution in [0.1, 0.15) is 64.7 Å². The van der Waals surface area contributed by atoms with Gasteiger partial charge in [-0.2, -0.15) is 0 Å². The molecule has 0 aliphatic heterocycles. The predicted molar refractivity (Wildman–Crippen MR) is 74.0 cm³/mol. The number of nitrogens with two attached hydrogens (primary N) is 1. The summed E-state index contributed by atoms with van der Waals surface area (Å²) in [6.45, 7) is 5.74. The minimum absolute atomic E-state index is 0.514. The van der Waals surface area contributed by atoms with Crippen LogP contribution >= 0.6 is 0 Å². The molecule has 2 fully saturated rings. The van der Waals surface area contributed by atoms with Gasteiger partial charge in [0, 0.05) is 6.54 Å². The largest absolute Gasteiger partial charge is 0.330 e. The fraction of sp³-hybridized carbons (Fsp3) is 1.00. The molecule has 3 N–H and O–H groups in total. The van der Waals surface area contributed by atoms with Crippen molar-refractivity contribution in [1.82, 2.24) is 5.32 Å². The summed E-state index contributed by atoms with van der Waals surface area (Å²) in [4.78, 5) is 0. The van der Waals surface area contributed by atoms with Crippen LogP contribution in [-0.2, 0) is 0 Å².